The van der Waals surface area contributed by atoms with Crippen LogP contribution in [0.15, 0.2) is 42.5 Å². The molecule has 2 aromatic rings. The van der Waals surface area contributed by atoms with Crippen molar-refractivity contribution in [1.82, 2.24) is 10.2 Å². The van der Waals surface area contributed by atoms with E-state index in [0.717, 1.165) is 11.8 Å². The van der Waals surface area contributed by atoms with E-state index >= 15 is 0 Å². The average molecular weight is 557 g/mol. The van der Waals surface area contributed by atoms with Crippen molar-refractivity contribution in [3.8, 4) is 0 Å². The van der Waals surface area contributed by atoms with E-state index in [0.29, 0.717) is 27.8 Å². The summed E-state index contributed by atoms with van der Waals surface area (Å²) in [5.74, 6) is -0.319. The first-order valence-electron chi connectivity index (χ1n) is 11.9. The summed E-state index contributed by atoms with van der Waals surface area (Å²) in [6, 6.07) is 11.5. The zero-order valence-corrected chi connectivity index (χ0v) is 23.8. The first-order valence-corrected chi connectivity index (χ1v) is 14.5. The minimum Gasteiger partial charge on any atom is -0.354 e. The molecule has 198 valence electrons. The van der Waals surface area contributed by atoms with Crippen molar-refractivity contribution in [2.75, 3.05) is 23.7 Å². The van der Waals surface area contributed by atoms with Crippen LogP contribution in [0.25, 0.3) is 0 Å². The van der Waals surface area contributed by atoms with Gasteiger partial charge in [-0.15, -0.1) is 0 Å². The quantitative estimate of drug-likeness (QED) is 0.397. The zero-order chi connectivity index (χ0) is 27.0. The lowest BCUT2D eigenvalue weighted by molar-refractivity contribution is -0.140. The van der Waals surface area contributed by atoms with Gasteiger partial charge in [-0.3, -0.25) is 13.9 Å². The van der Waals surface area contributed by atoms with Crippen LogP contribution in [0.5, 0.6) is 0 Å². The molecular formula is C26H35Cl2N3O4S. The van der Waals surface area contributed by atoms with Crippen molar-refractivity contribution in [3.63, 3.8) is 0 Å². The first kappa shape index (κ1) is 29.9. The number of hydrogen-bond donors (Lipinski definition) is 1. The van der Waals surface area contributed by atoms with Crippen LogP contribution in [-0.2, 0) is 26.2 Å². The lowest BCUT2D eigenvalue weighted by atomic mass is 10.1. The van der Waals surface area contributed by atoms with Crippen LogP contribution in [0.1, 0.15) is 44.7 Å². The summed E-state index contributed by atoms with van der Waals surface area (Å²) in [7, 11) is -3.54. The van der Waals surface area contributed by atoms with E-state index < -0.39 is 16.1 Å². The Balaban J connectivity index is 2.21. The lowest BCUT2D eigenvalue weighted by Crippen LogP contribution is -2.48. The summed E-state index contributed by atoms with van der Waals surface area (Å²) in [5, 5.41) is 3.67. The number of benzene rings is 2. The SMILES string of the molecule is Cc1ccc(N(CCCC(=O)N(Cc2c(Cl)cccc2Cl)[C@H](C)C(=O)NCC(C)C)S(C)(=O)=O)cc1. The Bertz CT molecular complexity index is 1130. The molecule has 0 aliphatic carbocycles. The molecule has 10 heteroatoms. The standard InChI is InChI=1S/C26H35Cl2N3O4S/c1-18(2)16-29-26(33)20(4)30(17-22-23(27)8-6-9-24(22)28)25(32)10-7-15-31(36(5,34)35)21-13-11-19(3)12-14-21/h6,8-9,11-14,18,20H,7,10,15-17H2,1-5H3,(H,29,33)/t20-/m1/s1. The smallest absolute Gasteiger partial charge is 0.242 e. The van der Waals surface area contributed by atoms with Gasteiger partial charge >= 0.3 is 0 Å². The molecule has 1 atom stereocenters. The predicted molar refractivity (Wildman–Crippen MR) is 147 cm³/mol. The van der Waals surface area contributed by atoms with E-state index in [9.17, 15) is 18.0 Å². The zero-order valence-electron chi connectivity index (χ0n) is 21.4. The van der Waals surface area contributed by atoms with Crippen LogP contribution < -0.4 is 9.62 Å². The third-order valence-corrected chi connectivity index (χ3v) is 7.62. The largest absolute Gasteiger partial charge is 0.354 e. The number of halogens is 2. The van der Waals surface area contributed by atoms with Crippen LogP contribution in [0, 0.1) is 12.8 Å². The summed E-state index contributed by atoms with van der Waals surface area (Å²) in [5.41, 5.74) is 2.10. The van der Waals surface area contributed by atoms with Gasteiger partial charge in [0.1, 0.15) is 6.04 Å². The van der Waals surface area contributed by atoms with E-state index in [4.69, 9.17) is 23.2 Å². The normalized spacial score (nSPS) is 12.3. The van der Waals surface area contributed by atoms with Crippen molar-refractivity contribution in [1.29, 1.82) is 0 Å². The average Bonchev–Trinajstić information content (AvgIpc) is 2.79. The van der Waals surface area contributed by atoms with E-state index in [1.54, 1.807) is 37.3 Å². The van der Waals surface area contributed by atoms with Gasteiger partial charge in [-0.05, 0) is 50.5 Å². The molecular weight excluding hydrogens is 521 g/mol. The van der Waals surface area contributed by atoms with Crippen molar-refractivity contribution < 1.29 is 18.0 Å². The number of sulfonamides is 1. The molecule has 0 aliphatic heterocycles. The monoisotopic (exact) mass is 555 g/mol. The molecule has 0 saturated heterocycles. The minimum atomic E-state index is -3.54. The van der Waals surface area contributed by atoms with E-state index in [1.165, 1.54) is 9.21 Å². The van der Waals surface area contributed by atoms with Gasteiger partial charge in [0.05, 0.1) is 11.9 Å². The number of amides is 2. The van der Waals surface area contributed by atoms with Gasteiger partial charge < -0.3 is 10.2 Å². The first-order chi connectivity index (χ1) is 16.8. The highest BCUT2D eigenvalue weighted by Gasteiger charge is 2.28. The lowest BCUT2D eigenvalue weighted by Gasteiger charge is -2.30. The van der Waals surface area contributed by atoms with E-state index in [-0.39, 0.29) is 43.7 Å². The summed E-state index contributed by atoms with van der Waals surface area (Å²) >= 11 is 12.7. The van der Waals surface area contributed by atoms with Gasteiger partial charge in [0.15, 0.2) is 0 Å². The Morgan fingerprint density at radius 2 is 1.58 bits per heavy atom. The van der Waals surface area contributed by atoms with Crippen LogP contribution in [0.3, 0.4) is 0 Å². The van der Waals surface area contributed by atoms with Gasteiger partial charge in [-0.25, -0.2) is 8.42 Å². The number of carbonyl (C=O) groups excluding carboxylic acids is 2. The molecule has 0 unspecified atom stereocenters. The number of anilines is 1. The predicted octanol–water partition coefficient (Wildman–Crippen LogP) is 5.04. The Morgan fingerprint density at radius 1 is 1.00 bits per heavy atom. The number of carbonyl (C=O) groups is 2. The molecule has 7 nitrogen and oxygen atoms in total. The fraction of sp³-hybridized carbons (Fsp3) is 0.462. The van der Waals surface area contributed by atoms with Gasteiger partial charge in [-0.2, -0.15) is 0 Å². The van der Waals surface area contributed by atoms with Gasteiger partial charge in [0, 0.05) is 41.7 Å². The second kappa shape index (κ2) is 13.3. The molecule has 2 aromatic carbocycles. The minimum absolute atomic E-state index is 0.0434. The van der Waals surface area contributed by atoms with Crippen LogP contribution in [0.4, 0.5) is 5.69 Å². The maximum atomic E-state index is 13.4. The molecule has 0 saturated carbocycles. The third kappa shape index (κ3) is 8.68. The van der Waals surface area contributed by atoms with Gasteiger partial charge in [0.2, 0.25) is 21.8 Å². The fourth-order valence-corrected chi connectivity index (χ4v) is 5.09. The Hall–Kier alpha value is -2.29. The van der Waals surface area contributed by atoms with Crippen LogP contribution >= 0.6 is 23.2 Å². The van der Waals surface area contributed by atoms with Crippen molar-refractivity contribution >= 4 is 50.7 Å². The van der Waals surface area contributed by atoms with Crippen molar-refractivity contribution in [3.05, 3.63) is 63.6 Å². The molecule has 0 spiro atoms. The Labute approximate surface area is 224 Å². The third-order valence-electron chi connectivity index (χ3n) is 5.72. The Morgan fingerprint density at radius 3 is 2.11 bits per heavy atom. The second-order valence-corrected chi connectivity index (χ2v) is 12.0. The number of hydrogen-bond acceptors (Lipinski definition) is 4. The summed E-state index contributed by atoms with van der Waals surface area (Å²) in [4.78, 5) is 27.6. The number of nitrogens with zero attached hydrogens (tertiary/aromatic N) is 2. The maximum absolute atomic E-state index is 13.4. The highest BCUT2D eigenvalue weighted by atomic mass is 35.5. The van der Waals surface area contributed by atoms with E-state index in [2.05, 4.69) is 5.32 Å². The Kier molecular flexibility index (Phi) is 11.1. The molecule has 2 amide bonds. The topological polar surface area (TPSA) is 86.8 Å². The highest BCUT2D eigenvalue weighted by molar-refractivity contribution is 7.92. The summed E-state index contributed by atoms with van der Waals surface area (Å²) < 4.78 is 26.1. The fourth-order valence-electron chi connectivity index (χ4n) is 3.60. The number of aryl methyl sites for hydroxylation is 1. The molecule has 0 heterocycles. The molecule has 0 fully saturated rings. The van der Waals surface area contributed by atoms with Crippen molar-refractivity contribution in [2.45, 2.75) is 53.1 Å². The molecule has 36 heavy (non-hydrogen) atoms. The molecule has 0 aromatic heterocycles. The van der Waals surface area contributed by atoms with Gasteiger partial charge in [0.25, 0.3) is 0 Å². The van der Waals surface area contributed by atoms with Crippen LogP contribution in [-0.4, -0.2) is 50.5 Å². The molecule has 0 aliphatic rings. The maximum Gasteiger partial charge on any atom is 0.242 e. The molecule has 0 bridgehead atoms. The highest BCUT2D eigenvalue weighted by Crippen LogP contribution is 2.27. The van der Waals surface area contributed by atoms with E-state index in [1.807, 2.05) is 32.9 Å². The number of rotatable bonds is 12. The molecule has 1 N–H and O–H groups in total. The summed E-state index contributed by atoms with van der Waals surface area (Å²) in [6.07, 6.45) is 1.45. The number of nitrogens with one attached hydrogen (secondary N) is 1. The summed E-state index contributed by atoms with van der Waals surface area (Å²) in [6.45, 7) is 8.22. The van der Waals surface area contributed by atoms with Gasteiger partial charge in [-0.1, -0.05) is 60.8 Å². The molecule has 0 radical (unpaired) electrons. The van der Waals surface area contributed by atoms with Crippen molar-refractivity contribution in [2.24, 2.45) is 5.92 Å². The van der Waals surface area contributed by atoms with Crippen LogP contribution in [0.2, 0.25) is 10.0 Å². The molecule has 2 rings (SSSR count). The second-order valence-electron chi connectivity index (χ2n) is 9.31.